The lowest BCUT2D eigenvalue weighted by molar-refractivity contribution is -0.307. The quantitative estimate of drug-likeness (QED) is 0.638. The van der Waals surface area contributed by atoms with E-state index in [1.54, 1.807) is 24.3 Å². The Kier molecular flexibility index (Phi) is 4.62. The van der Waals surface area contributed by atoms with Gasteiger partial charge in [-0.15, -0.1) is 11.3 Å². The Hall–Kier alpha value is -3.00. The molecule has 2 aromatic heterocycles. The van der Waals surface area contributed by atoms with Gasteiger partial charge in [0.1, 0.15) is 23.5 Å². The molecule has 0 saturated heterocycles. The fourth-order valence-corrected chi connectivity index (χ4v) is 3.28. The Morgan fingerprint density at radius 2 is 2.16 bits per heavy atom. The maximum Gasteiger partial charge on any atom is 0.282 e. The summed E-state index contributed by atoms with van der Waals surface area (Å²) in [5.74, 6) is -0.985. The van der Waals surface area contributed by atoms with Crippen molar-refractivity contribution in [1.29, 1.82) is 0 Å². The highest BCUT2D eigenvalue weighted by Gasteiger charge is 2.11. The van der Waals surface area contributed by atoms with Gasteiger partial charge in [0.25, 0.3) is 5.56 Å². The van der Waals surface area contributed by atoms with Crippen LogP contribution in [0.3, 0.4) is 0 Å². The number of carbonyl (C=O) groups is 1. The number of para-hydroxylation sites is 1. The second-order valence-corrected chi connectivity index (χ2v) is 6.50. The number of fused-ring (bicyclic) bond motifs is 1. The first-order valence-corrected chi connectivity index (χ1v) is 8.22. The number of ether oxygens (including phenoxy) is 1. The van der Waals surface area contributed by atoms with Crippen molar-refractivity contribution in [2.24, 2.45) is 5.10 Å². The summed E-state index contributed by atoms with van der Waals surface area (Å²) < 4.78 is 6.31. The van der Waals surface area contributed by atoms with Crippen LogP contribution in [0.1, 0.15) is 16.0 Å². The molecular formula is C17H14N3O4S-. The summed E-state index contributed by atoms with van der Waals surface area (Å²) >= 11 is 1.47. The minimum Gasteiger partial charge on any atom is -0.546 e. The number of benzene rings is 1. The van der Waals surface area contributed by atoms with Crippen LogP contribution in [0.4, 0.5) is 0 Å². The van der Waals surface area contributed by atoms with Gasteiger partial charge in [0.05, 0.1) is 17.6 Å². The van der Waals surface area contributed by atoms with Crippen LogP contribution < -0.4 is 15.4 Å². The van der Waals surface area contributed by atoms with E-state index in [1.165, 1.54) is 23.9 Å². The van der Waals surface area contributed by atoms with Gasteiger partial charge < -0.3 is 14.6 Å². The Morgan fingerprint density at radius 3 is 2.92 bits per heavy atom. The van der Waals surface area contributed by atoms with E-state index in [0.29, 0.717) is 21.5 Å². The second-order valence-electron chi connectivity index (χ2n) is 5.30. The van der Waals surface area contributed by atoms with E-state index in [-0.39, 0.29) is 5.56 Å². The van der Waals surface area contributed by atoms with Gasteiger partial charge in [-0.1, -0.05) is 12.1 Å². The molecule has 0 aliphatic rings. The first-order valence-electron chi connectivity index (χ1n) is 7.40. The monoisotopic (exact) mass is 356 g/mol. The Balaban J connectivity index is 1.97. The third-order valence-electron chi connectivity index (χ3n) is 3.66. The van der Waals surface area contributed by atoms with Gasteiger partial charge in [0.15, 0.2) is 0 Å². The molecule has 0 aliphatic heterocycles. The first kappa shape index (κ1) is 16.8. The maximum absolute atomic E-state index is 12.6. The van der Waals surface area contributed by atoms with Gasteiger partial charge in [0.2, 0.25) is 0 Å². The molecule has 25 heavy (non-hydrogen) atoms. The van der Waals surface area contributed by atoms with Crippen molar-refractivity contribution in [1.82, 2.24) is 9.66 Å². The van der Waals surface area contributed by atoms with Crippen molar-refractivity contribution in [3.63, 3.8) is 0 Å². The Morgan fingerprint density at radius 1 is 1.40 bits per heavy atom. The molecule has 0 unspecified atom stereocenters. The van der Waals surface area contributed by atoms with Gasteiger partial charge in [-0.25, -0.2) is 4.98 Å². The molecule has 1 aromatic carbocycles. The highest BCUT2D eigenvalue weighted by atomic mass is 32.1. The lowest BCUT2D eigenvalue weighted by atomic mass is 10.2. The van der Waals surface area contributed by atoms with Crippen LogP contribution in [0.2, 0.25) is 0 Å². The van der Waals surface area contributed by atoms with E-state index >= 15 is 0 Å². The van der Waals surface area contributed by atoms with Crippen LogP contribution in [-0.2, 0) is 4.79 Å². The lowest BCUT2D eigenvalue weighted by Crippen LogP contribution is -2.29. The molecule has 3 aromatic rings. The number of nitrogens with zero attached hydrogens (tertiary/aromatic N) is 3. The highest BCUT2D eigenvalue weighted by molar-refractivity contribution is 7.18. The summed E-state index contributed by atoms with van der Waals surface area (Å²) in [6.07, 6.45) is 2.79. The van der Waals surface area contributed by atoms with E-state index < -0.39 is 12.6 Å². The molecule has 7 nitrogen and oxygen atoms in total. The number of hydrogen-bond donors (Lipinski definition) is 0. The molecule has 0 amide bonds. The van der Waals surface area contributed by atoms with E-state index in [9.17, 15) is 14.7 Å². The smallest absolute Gasteiger partial charge is 0.282 e. The fourth-order valence-electron chi connectivity index (χ4n) is 2.29. The van der Waals surface area contributed by atoms with Crippen LogP contribution in [0.25, 0.3) is 10.2 Å². The van der Waals surface area contributed by atoms with Crippen molar-refractivity contribution < 1.29 is 14.6 Å². The van der Waals surface area contributed by atoms with Crippen LogP contribution in [0.15, 0.2) is 40.5 Å². The summed E-state index contributed by atoms with van der Waals surface area (Å²) in [4.78, 5) is 29.1. The van der Waals surface area contributed by atoms with Crippen molar-refractivity contribution in [2.75, 3.05) is 6.61 Å². The van der Waals surface area contributed by atoms with Gasteiger partial charge in [0, 0.05) is 10.4 Å². The number of aromatic nitrogens is 2. The van der Waals surface area contributed by atoms with Crippen molar-refractivity contribution >= 4 is 33.7 Å². The molecule has 8 heteroatoms. The predicted octanol–water partition coefficient (Wildman–Crippen LogP) is 1.09. The average Bonchev–Trinajstić information content (AvgIpc) is 2.88. The fraction of sp³-hybridized carbons (Fsp3) is 0.176. The Labute approximate surface area is 146 Å². The number of carboxylic acids is 1. The van der Waals surface area contributed by atoms with E-state index in [0.717, 1.165) is 15.1 Å². The molecule has 0 bridgehead atoms. The third-order valence-corrected chi connectivity index (χ3v) is 4.77. The molecule has 0 N–H and O–H groups in total. The molecule has 0 aliphatic carbocycles. The average molecular weight is 356 g/mol. The SMILES string of the molecule is Cc1sc2ncn(/N=C\c3ccccc3OCC(=O)[O-])c(=O)c2c1C. The minimum absolute atomic E-state index is 0.253. The first-order chi connectivity index (χ1) is 12.0. The number of carboxylic acid groups (broad SMARTS) is 1. The third kappa shape index (κ3) is 3.43. The standard InChI is InChI=1S/C17H15N3O4S/c1-10-11(2)25-16-15(10)17(23)20(9-18-16)19-7-12-5-3-4-6-13(12)24-8-14(21)22/h3-7,9H,8H2,1-2H3,(H,21,22)/p-1/b19-7-. The molecule has 3 rings (SSSR count). The van der Waals surface area contributed by atoms with Crippen LogP contribution >= 0.6 is 11.3 Å². The number of thiophene rings is 1. The molecule has 2 heterocycles. The van der Waals surface area contributed by atoms with Crippen LogP contribution in [0.5, 0.6) is 5.75 Å². The molecule has 0 fully saturated rings. The molecular weight excluding hydrogens is 342 g/mol. The van der Waals surface area contributed by atoms with Gasteiger partial charge in [-0.2, -0.15) is 9.78 Å². The highest BCUT2D eigenvalue weighted by Crippen LogP contribution is 2.25. The van der Waals surface area contributed by atoms with Crippen LogP contribution in [-0.4, -0.2) is 28.5 Å². The van der Waals surface area contributed by atoms with Gasteiger partial charge in [-0.3, -0.25) is 4.79 Å². The molecule has 0 radical (unpaired) electrons. The van der Waals surface area contributed by atoms with Crippen LogP contribution in [0, 0.1) is 13.8 Å². The molecule has 0 spiro atoms. The summed E-state index contributed by atoms with van der Waals surface area (Å²) in [6.45, 7) is 3.26. The van der Waals surface area contributed by atoms with Crippen molar-refractivity contribution in [3.05, 3.63) is 57.0 Å². The summed E-state index contributed by atoms with van der Waals surface area (Å²) in [6, 6.07) is 6.77. The lowest BCUT2D eigenvalue weighted by Gasteiger charge is -2.09. The van der Waals surface area contributed by atoms with Crippen molar-refractivity contribution in [2.45, 2.75) is 13.8 Å². The van der Waals surface area contributed by atoms with Gasteiger partial charge >= 0.3 is 0 Å². The largest absolute Gasteiger partial charge is 0.546 e. The summed E-state index contributed by atoms with van der Waals surface area (Å²) in [5.41, 5.74) is 1.19. The normalized spacial score (nSPS) is 11.3. The molecule has 0 saturated carbocycles. The van der Waals surface area contributed by atoms with E-state index in [1.807, 2.05) is 13.8 Å². The van der Waals surface area contributed by atoms with E-state index in [4.69, 9.17) is 4.74 Å². The second kappa shape index (κ2) is 6.86. The van der Waals surface area contributed by atoms with Crippen molar-refractivity contribution in [3.8, 4) is 5.75 Å². The minimum atomic E-state index is -1.32. The summed E-state index contributed by atoms with van der Waals surface area (Å²) in [7, 11) is 0. The predicted molar refractivity (Wildman–Crippen MR) is 93.3 cm³/mol. The zero-order chi connectivity index (χ0) is 18.0. The molecule has 0 atom stereocenters. The number of hydrogen-bond acceptors (Lipinski definition) is 7. The zero-order valence-electron chi connectivity index (χ0n) is 13.6. The Bertz CT molecular complexity index is 1040. The maximum atomic E-state index is 12.6. The summed E-state index contributed by atoms with van der Waals surface area (Å²) in [5, 5.41) is 15.2. The number of carbonyl (C=O) groups excluding carboxylic acids is 1. The van der Waals surface area contributed by atoms with Gasteiger partial charge in [-0.05, 0) is 31.5 Å². The number of aryl methyl sites for hydroxylation is 2. The zero-order valence-corrected chi connectivity index (χ0v) is 14.4. The number of aliphatic carboxylic acids is 1. The van der Waals surface area contributed by atoms with E-state index in [2.05, 4.69) is 10.1 Å². The number of rotatable bonds is 5. The topological polar surface area (TPSA) is 96.6 Å². The molecule has 128 valence electrons.